The third-order valence-corrected chi connectivity index (χ3v) is 5.23. The quantitative estimate of drug-likeness (QED) is 0.868. The van der Waals surface area contributed by atoms with E-state index in [0.717, 1.165) is 42.7 Å². The van der Waals surface area contributed by atoms with E-state index in [1.165, 1.54) is 15.8 Å². The van der Waals surface area contributed by atoms with Crippen LogP contribution in [-0.2, 0) is 4.74 Å². The fraction of sp³-hybridized carbons (Fsp3) is 0.625. The zero-order valence-electron chi connectivity index (χ0n) is 14.0. The number of anilines is 1. The highest BCUT2D eigenvalue weighted by molar-refractivity contribution is 7.18. The molecule has 22 heavy (non-hydrogen) atoms. The largest absolute Gasteiger partial charge is 0.373 e. The van der Waals surface area contributed by atoms with Crippen molar-refractivity contribution in [1.29, 1.82) is 0 Å². The molecular formula is C16H24N4OS. The highest BCUT2D eigenvalue weighted by atomic mass is 32.1. The van der Waals surface area contributed by atoms with Gasteiger partial charge in [0.25, 0.3) is 0 Å². The summed E-state index contributed by atoms with van der Waals surface area (Å²) >= 11 is 1.77. The van der Waals surface area contributed by atoms with Crippen LogP contribution in [0.25, 0.3) is 10.2 Å². The van der Waals surface area contributed by atoms with Gasteiger partial charge in [-0.05, 0) is 40.4 Å². The number of ether oxygens (including phenoxy) is 1. The normalized spacial score (nSPS) is 19.4. The first kappa shape index (κ1) is 15.6. The molecule has 0 bridgehead atoms. The number of rotatable bonds is 3. The van der Waals surface area contributed by atoms with Crippen molar-refractivity contribution in [2.24, 2.45) is 0 Å². The van der Waals surface area contributed by atoms with E-state index in [0.29, 0.717) is 0 Å². The molecule has 5 nitrogen and oxygen atoms in total. The second kappa shape index (κ2) is 6.10. The zero-order chi connectivity index (χ0) is 15.9. The SMILES string of the molecule is Cc1nc(N2CCO[C@@H](CN(C)C)C2)c2c(C)c(C)sc2n1. The van der Waals surface area contributed by atoms with Gasteiger partial charge in [0, 0.05) is 24.5 Å². The van der Waals surface area contributed by atoms with Gasteiger partial charge in [0.15, 0.2) is 0 Å². The van der Waals surface area contributed by atoms with Crippen molar-refractivity contribution < 1.29 is 4.74 Å². The molecule has 120 valence electrons. The third kappa shape index (κ3) is 2.95. The Morgan fingerprint density at radius 3 is 2.77 bits per heavy atom. The van der Waals surface area contributed by atoms with Crippen molar-refractivity contribution in [2.75, 3.05) is 45.2 Å². The summed E-state index contributed by atoms with van der Waals surface area (Å²) in [5.74, 6) is 1.93. The summed E-state index contributed by atoms with van der Waals surface area (Å²) in [5.41, 5.74) is 1.31. The Hall–Kier alpha value is -1.24. The fourth-order valence-corrected chi connectivity index (χ4v) is 4.06. The van der Waals surface area contributed by atoms with E-state index >= 15 is 0 Å². The van der Waals surface area contributed by atoms with Crippen molar-refractivity contribution in [3.63, 3.8) is 0 Å². The van der Waals surface area contributed by atoms with Crippen LogP contribution in [0.1, 0.15) is 16.3 Å². The molecule has 0 spiro atoms. The predicted octanol–water partition coefficient (Wildman–Crippen LogP) is 2.38. The molecule has 0 aliphatic carbocycles. The first-order valence-electron chi connectivity index (χ1n) is 7.71. The monoisotopic (exact) mass is 320 g/mol. The van der Waals surface area contributed by atoms with E-state index in [-0.39, 0.29) is 6.10 Å². The molecule has 1 saturated heterocycles. The second-order valence-electron chi connectivity index (χ2n) is 6.26. The fourth-order valence-electron chi connectivity index (χ4n) is 2.99. The number of aromatic nitrogens is 2. The summed E-state index contributed by atoms with van der Waals surface area (Å²) in [6.07, 6.45) is 0.231. The molecule has 2 aromatic heterocycles. The van der Waals surface area contributed by atoms with E-state index in [1.807, 2.05) is 6.92 Å². The van der Waals surface area contributed by atoms with Crippen LogP contribution < -0.4 is 4.90 Å². The summed E-state index contributed by atoms with van der Waals surface area (Å²) in [5, 5.41) is 1.22. The summed E-state index contributed by atoms with van der Waals surface area (Å²) in [4.78, 5) is 16.4. The minimum atomic E-state index is 0.231. The maximum absolute atomic E-state index is 5.89. The number of hydrogen-bond acceptors (Lipinski definition) is 6. The average Bonchev–Trinajstić information content (AvgIpc) is 2.72. The van der Waals surface area contributed by atoms with E-state index in [4.69, 9.17) is 9.72 Å². The van der Waals surface area contributed by atoms with Crippen LogP contribution in [0.5, 0.6) is 0 Å². The summed E-state index contributed by atoms with van der Waals surface area (Å²) in [7, 11) is 4.17. The average molecular weight is 320 g/mol. The molecule has 1 aliphatic rings. The number of hydrogen-bond donors (Lipinski definition) is 0. The molecule has 3 heterocycles. The van der Waals surface area contributed by atoms with Crippen LogP contribution in [0, 0.1) is 20.8 Å². The molecule has 1 atom stereocenters. The molecule has 6 heteroatoms. The Morgan fingerprint density at radius 2 is 2.05 bits per heavy atom. The number of aryl methyl sites for hydroxylation is 3. The molecular weight excluding hydrogens is 296 g/mol. The Bertz CT molecular complexity index is 682. The lowest BCUT2D eigenvalue weighted by atomic mass is 10.2. The molecule has 2 aromatic rings. The zero-order valence-corrected chi connectivity index (χ0v) is 14.8. The lowest BCUT2D eigenvalue weighted by molar-refractivity contribution is 0.0246. The van der Waals surface area contributed by atoms with Crippen LogP contribution in [0.4, 0.5) is 5.82 Å². The van der Waals surface area contributed by atoms with Crippen molar-refractivity contribution in [2.45, 2.75) is 26.9 Å². The minimum Gasteiger partial charge on any atom is -0.373 e. The van der Waals surface area contributed by atoms with Gasteiger partial charge < -0.3 is 14.5 Å². The molecule has 0 aromatic carbocycles. The van der Waals surface area contributed by atoms with Gasteiger partial charge >= 0.3 is 0 Å². The van der Waals surface area contributed by atoms with Crippen molar-refractivity contribution in [1.82, 2.24) is 14.9 Å². The van der Waals surface area contributed by atoms with Crippen molar-refractivity contribution in [3.8, 4) is 0 Å². The van der Waals surface area contributed by atoms with E-state index in [2.05, 4.69) is 42.7 Å². The van der Waals surface area contributed by atoms with Gasteiger partial charge in [-0.2, -0.15) is 0 Å². The Labute approximate surface area is 135 Å². The van der Waals surface area contributed by atoms with Crippen LogP contribution in [0.3, 0.4) is 0 Å². The van der Waals surface area contributed by atoms with Crippen molar-refractivity contribution in [3.05, 3.63) is 16.3 Å². The molecule has 3 rings (SSSR count). The standard InChI is InChI=1S/C16H24N4OS/c1-10-11(2)22-16-14(10)15(17-12(3)18-16)20-6-7-21-13(9-20)8-19(4)5/h13H,6-9H2,1-5H3/t13-/m0/s1. The van der Waals surface area contributed by atoms with Gasteiger partial charge in [0.2, 0.25) is 0 Å². The lowest BCUT2D eigenvalue weighted by Gasteiger charge is -2.35. The predicted molar refractivity (Wildman–Crippen MR) is 92.1 cm³/mol. The highest BCUT2D eigenvalue weighted by Gasteiger charge is 2.25. The topological polar surface area (TPSA) is 41.5 Å². The maximum Gasteiger partial charge on any atom is 0.141 e. The summed E-state index contributed by atoms with van der Waals surface area (Å²) < 4.78 is 5.89. The third-order valence-electron chi connectivity index (χ3n) is 4.13. The Balaban J connectivity index is 1.98. The van der Waals surface area contributed by atoms with Crippen LogP contribution >= 0.6 is 11.3 Å². The smallest absolute Gasteiger partial charge is 0.141 e. The number of fused-ring (bicyclic) bond motifs is 1. The first-order chi connectivity index (χ1) is 10.5. The number of thiophene rings is 1. The first-order valence-corrected chi connectivity index (χ1v) is 8.53. The molecule has 0 saturated carbocycles. The molecule has 0 unspecified atom stereocenters. The van der Waals surface area contributed by atoms with Crippen molar-refractivity contribution >= 4 is 27.4 Å². The van der Waals surface area contributed by atoms with Crippen LogP contribution in [0.2, 0.25) is 0 Å². The summed E-state index contributed by atoms with van der Waals surface area (Å²) in [6, 6.07) is 0. The van der Waals surface area contributed by atoms with Gasteiger partial charge in [-0.25, -0.2) is 9.97 Å². The summed E-state index contributed by atoms with van der Waals surface area (Å²) in [6.45, 7) is 9.78. The van der Waals surface area contributed by atoms with Gasteiger partial charge in [0.1, 0.15) is 16.5 Å². The minimum absolute atomic E-state index is 0.231. The number of likely N-dealkylation sites (N-methyl/N-ethyl adjacent to an activating group) is 1. The molecule has 0 N–H and O–H groups in total. The van der Waals surface area contributed by atoms with E-state index < -0.39 is 0 Å². The highest BCUT2D eigenvalue weighted by Crippen LogP contribution is 2.35. The number of nitrogens with zero attached hydrogens (tertiary/aromatic N) is 4. The van der Waals surface area contributed by atoms with E-state index in [1.54, 1.807) is 11.3 Å². The maximum atomic E-state index is 5.89. The van der Waals surface area contributed by atoms with E-state index in [9.17, 15) is 0 Å². The Kier molecular flexibility index (Phi) is 4.34. The second-order valence-corrected chi connectivity index (χ2v) is 7.46. The lowest BCUT2D eigenvalue weighted by Crippen LogP contribution is -2.47. The van der Waals surface area contributed by atoms with Gasteiger partial charge in [-0.3, -0.25) is 0 Å². The Morgan fingerprint density at radius 1 is 1.27 bits per heavy atom. The molecule has 1 aliphatic heterocycles. The van der Waals surface area contributed by atoms with Crippen LogP contribution in [-0.4, -0.2) is 61.3 Å². The molecule has 0 amide bonds. The number of morpholine rings is 1. The van der Waals surface area contributed by atoms with Gasteiger partial charge in [-0.15, -0.1) is 11.3 Å². The van der Waals surface area contributed by atoms with Crippen LogP contribution in [0.15, 0.2) is 0 Å². The molecule has 1 fully saturated rings. The van der Waals surface area contributed by atoms with Gasteiger partial charge in [0.05, 0.1) is 18.1 Å². The molecule has 0 radical (unpaired) electrons. The van der Waals surface area contributed by atoms with Gasteiger partial charge in [-0.1, -0.05) is 0 Å².